The van der Waals surface area contributed by atoms with Gasteiger partial charge in [0.2, 0.25) is 0 Å². The van der Waals surface area contributed by atoms with Gasteiger partial charge in [-0.15, -0.1) is 0 Å². The number of carbonyl (C=O) groups is 2. The summed E-state index contributed by atoms with van der Waals surface area (Å²) in [5.41, 5.74) is 7.46. The molecule has 1 heterocycles. The Morgan fingerprint density at radius 2 is 1.72 bits per heavy atom. The maximum absolute atomic E-state index is 13.0. The van der Waals surface area contributed by atoms with Crippen LogP contribution in [0.4, 0.5) is 5.69 Å². The molecule has 2 aromatic rings. The number of halogens is 1. The van der Waals surface area contributed by atoms with Gasteiger partial charge >= 0.3 is 11.9 Å². The zero-order valence-electron chi connectivity index (χ0n) is 17.6. The number of nitrogens with zero attached hydrogens (tertiary/aromatic N) is 2. The van der Waals surface area contributed by atoms with Crippen molar-refractivity contribution in [3.63, 3.8) is 0 Å². The normalized spacial score (nSPS) is 15.8. The van der Waals surface area contributed by atoms with Crippen molar-refractivity contribution in [2.24, 2.45) is 5.73 Å². The maximum Gasteiger partial charge on any atom is 0.355 e. The molecule has 0 saturated carbocycles. The number of nitrogens with two attached hydrogens (primary N) is 1. The van der Waals surface area contributed by atoms with E-state index in [0.29, 0.717) is 17.0 Å². The van der Waals surface area contributed by atoms with Crippen LogP contribution in [0.5, 0.6) is 5.75 Å². The van der Waals surface area contributed by atoms with Crippen LogP contribution >= 0.6 is 22.6 Å². The Balaban J connectivity index is 2.39. The van der Waals surface area contributed by atoms with Gasteiger partial charge in [-0.05, 0) is 46.4 Å². The van der Waals surface area contributed by atoms with Crippen LogP contribution < -0.4 is 15.4 Å². The molecule has 0 fully saturated rings. The first-order chi connectivity index (χ1) is 15.4. The maximum atomic E-state index is 13.0. The lowest BCUT2D eigenvalue weighted by molar-refractivity contribution is -0.139. The summed E-state index contributed by atoms with van der Waals surface area (Å²) in [4.78, 5) is 27.3. The molecule has 1 aliphatic rings. The highest BCUT2D eigenvalue weighted by Gasteiger charge is 2.43. The average molecular weight is 545 g/mol. The van der Waals surface area contributed by atoms with Gasteiger partial charge in [-0.25, -0.2) is 9.59 Å². The van der Waals surface area contributed by atoms with E-state index in [0.717, 1.165) is 3.57 Å². The molecule has 3 rings (SSSR count). The Morgan fingerprint density at radius 3 is 2.25 bits per heavy atom. The van der Waals surface area contributed by atoms with E-state index in [2.05, 4.69) is 28.7 Å². The fraction of sp³-hybridized carbons (Fsp3) is 0.174. The van der Waals surface area contributed by atoms with Gasteiger partial charge in [-0.1, -0.05) is 30.3 Å². The molecular formula is C23H20IN3O5. The van der Waals surface area contributed by atoms with Crippen molar-refractivity contribution in [3.05, 3.63) is 80.3 Å². The number of benzene rings is 2. The van der Waals surface area contributed by atoms with Crippen LogP contribution in [0.25, 0.3) is 0 Å². The molecule has 1 atom stereocenters. The fourth-order valence-corrected chi connectivity index (χ4v) is 4.29. The SMILES string of the molecule is COC(=O)C1=C(C(=O)OC)N(c2ccc(OC)c(I)c2)C(N)=C(C#N)C1c1ccccc1. The van der Waals surface area contributed by atoms with Gasteiger partial charge in [0.15, 0.2) is 0 Å². The summed E-state index contributed by atoms with van der Waals surface area (Å²) in [6.45, 7) is 0. The Morgan fingerprint density at radius 1 is 1.06 bits per heavy atom. The van der Waals surface area contributed by atoms with Crippen molar-refractivity contribution in [1.82, 2.24) is 0 Å². The van der Waals surface area contributed by atoms with Crippen LogP contribution in [-0.4, -0.2) is 33.3 Å². The molecule has 164 valence electrons. The molecule has 0 spiro atoms. The van der Waals surface area contributed by atoms with E-state index in [-0.39, 0.29) is 22.7 Å². The predicted octanol–water partition coefficient (Wildman–Crippen LogP) is 3.20. The lowest BCUT2D eigenvalue weighted by Crippen LogP contribution is -2.40. The minimum atomic E-state index is -0.906. The molecule has 0 aliphatic carbocycles. The summed E-state index contributed by atoms with van der Waals surface area (Å²) in [7, 11) is 3.96. The molecule has 2 aromatic carbocycles. The summed E-state index contributed by atoms with van der Waals surface area (Å²) in [5.74, 6) is -1.84. The molecule has 8 nitrogen and oxygen atoms in total. The lowest BCUT2D eigenvalue weighted by atomic mass is 9.81. The van der Waals surface area contributed by atoms with Gasteiger partial charge in [-0.3, -0.25) is 4.90 Å². The topological polar surface area (TPSA) is 115 Å². The van der Waals surface area contributed by atoms with Crippen molar-refractivity contribution in [1.29, 1.82) is 5.26 Å². The minimum absolute atomic E-state index is 0.00960. The lowest BCUT2D eigenvalue weighted by Gasteiger charge is -2.36. The van der Waals surface area contributed by atoms with Gasteiger partial charge in [0.25, 0.3) is 0 Å². The minimum Gasteiger partial charge on any atom is -0.496 e. The van der Waals surface area contributed by atoms with Crippen molar-refractivity contribution in [2.75, 3.05) is 26.2 Å². The molecule has 32 heavy (non-hydrogen) atoms. The summed E-state index contributed by atoms with van der Waals surface area (Å²) in [6, 6.07) is 16.1. The molecule has 0 amide bonds. The second kappa shape index (κ2) is 9.74. The third-order valence-electron chi connectivity index (χ3n) is 5.00. The number of hydrogen-bond donors (Lipinski definition) is 1. The number of methoxy groups -OCH3 is 3. The number of nitriles is 1. The number of allylic oxidation sites excluding steroid dienone is 1. The standard InChI is InChI=1S/C23H20IN3O5/c1-30-17-10-9-14(11-16(17)24)27-20(23(29)32-3)19(22(28)31-2)18(15(12-25)21(27)26)13-7-5-4-6-8-13/h4-11,18H,26H2,1-3H3. The number of esters is 2. The Kier molecular flexibility index (Phi) is 7.05. The summed E-state index contributed by atoms with van der Waals surface area (Å²) in [5, 5.41) is 10.0. The quantitative estimate of drug-likeness (QED) is 0.450. The number of carbonyl (C=O) groups excluding carboxylic acids is 2. The van der Waals surface area contributed by atoms with Crippen LogP contribution in [0.3, 0.4) is 0 Å². The van der Waals surface area contributed by atoms with Gasteiger partial charge in [0.1, 0.15) is 17.3 Å². The van der Waals surface area contributed by atoms with E-state index in [1.165, 1.54) is 19.1 Å². The zero-order valence-corrected chi connectivity index (χ0v) is 19.7. The Hall–Kier alpha value is -3.52. The predicted molar refractivity (Wildman–Crippen MR) is 125 cm³/mol. The molecule has 0 saturated heterocycles. The fourth-order valence-electron chi connectivity index (χ4n) is 3.58. The van der Waals surface area contributed by atoms with Gasteiger partial charge < -0.3 is 19.9 Å². The number of hydrogen-bond acceptors (Lipinski definition) is 8. The van der Waals surface area contributed by atoms with E-state index in [9.17, 15) is 14.9 Å². The van der Waals surface area contributed by atoms with Gasteiger partial charge in [-0.2, -0.15) is 5.26 Å². The van der Waals surface area contributed by atoms with E-state index in [4.69, 9.17) is 19.9 Å². The second-order valence-electron chi connectivity index (χ2n) is 6.65. The van der Waals surface area contributed by atoms with Crippen LogP contribution in [0.2, 0.25) is 0 Å². The van der Waals surface area contributed by atoms with Gasteiger partial charge in [0, 0.05) is 5.69 Å². The number of anilines is 1. The van der Waals surface area contributed by atoms with E-state index < -0.39 is 17.9 Å². The van der Waals surface area contributed by atoms with E-state index in [1.54, 1.807) is 55.6 Å². The first kappa shape index (κ1) is 23.1. The van der Waals surface area contributed by atoms with Crippen molar-refractivity contribution < 1.29 is 23.8 Å². The number of rotatable bonds is 5. The highest BCUT2D eigenvalue weighted by Crippen LogP contribution is 2.43. The van der Waals surface area contributed by atoms with Gasteiger partial charge in [0.05, 0.1) is 48.0 Å². The Bertz CT molecular complexity index is 1170. The molecule has 2 N–H and O–H groups in total. The molecule has 0 aromatic heterocycles. The van der Waals surface area contributed by atoms with Crippen LogP contribution in [0, 0.1) is 14.9 Å². The molecule has 1 unspecified atom stereocenters. The van der Waals surface area contributed by atoms with Crippen LogP contribution in [-0.2, 0) is 19.1 Å². The molecule has 9 heteroatoms. The monoisotopic (exact) mass is 545 g/mol. The molecule has 1 aliphatic heterocycles. The third-order valence-corrected chi connectivity index (χ3v) is 5.85. The first-order valence-corrected chi connectivity index (χ1v) is 10.5. The second-order valence-corrected chi connectivity index (χ2v) is 7.82. The first-order valence-electron chi connectivity index (χ1n) is 9.38. The third kappa shape index (κ3) is 4.01. The van der Waals surface area contributed by atoms with Crippen LogP contribution in [0.15, 0.2) is 71.2 Å². The summed E-state index contributed by atoms with van der Waals surface area (Å²) >= 11 is 2.08. The largest absolute Gasteiger partial charge is 0.496 e. The smallest absolute Gasteiger partial charge is 0.355 e. The average Bonchev–Trinajstić information content (AvgIpc) is 2.82. The van der Waals surface area contributed by atoms with E-state index in [1.807, 2.05) is 0 Å². The summed E-state index contributed by atoms with van der Waals surface area (Å²) in [6.07, 6.45) is 0. The van der Waals surface area contributed by atoms with Crippen molar-refractivity contribution in [2.45, 2.75) is 5.92 Å². The Labute approximate surface area is 199 Å². The zero-order chi connectivity index (χ0) is 23.4. The molecular weight excluding hydrogens is 525 g/mol. The summed E-state index contributed by atoms with van der Waals surface area (Å²) < 4.78 is 16.1. The van der Waals surface area contributed by atoms with Crippen molar-refractivity contribution >= 4 is 40.2 Å². The highest BCUT2D eigenvalue weighted by atomic mass is 127. The molecule has 0 radical (unpaired) electrons. The molecule has 0 bridgehead atoms. The van der Waals surface area contributed by atoms with Crippen LogP contribution in [0.1, 0.15) is 11.5 Å². The number of ether oxygens (including phenoxy) is 3. The highest BCUT2D eigenvalue weighted by molar-refractivity contribution is 14.1. The van der Waals surface area contributed by atoms with Crippen molar-refractivity contribution in [3.8, 4) is 11.8 Å². The van der Waals surface area contributed by atoms with E-state index >= 15 is 0 Å².